The first-order valence-electron chi connectivity index (χ1n) is 7.83. The van der Waals surface area contributed by atoms with Crippen molar-refractivity contribution in [3.8, 4) is 0 Å². The maximum Gasteiger partial charge on any atom is 0.253 e. The molecule has 114 valence electrons. The Morgan fingerprint density at radius 2 is 2.24 bits per heavy atom. The van der Waals surface area contributed by atoms with Crippen molar-refractivity contribution in [3.05, 3.63) is 21.4 Å². The van der Waals surface area contributed by atoms with E-state index >= 15 is 0 Å². The molecule has 1 aliphatic heterocycles. The molecular weight excluding hydrogens is 284 g/mol. The highest BCUT2D eigenvalue weighted by Gasteiger charge is 2.27. The highest BCUT2D eigenvalue weighted by molar-refractivity contribution is 7.10. The summed E-state index contributed by atoms with van der Waals surface area (Å²) in [4.78, 5) is 25.8. The van der Waals surface area contributed by atoms with E-state index in [2.05, 4.69) is 17.6 Å². The second-order valence-electron chi connectivity index (χ2n) is 6.21. The molecule has 1 saturated heterocycles. The van der Waals surface area contributed by atoms with Crippen LogP contribution in [0, 0.1) is 5.92 Å². The number of rotatable bonds is 2. The Morgan fingerprint density at radius 1 is 1.38 bits per heavy atom. The summed E-state index contributed by atoms with van der Waals surface area (Å²) in [6.45, 7) is 2.98. The average molecular weight is 306 g/mol. The monoisotopic (exact) mass is 306 g/mol. The Kier molecular flexibility index (Phi) is 4.29. The van der Waals surface area contributed by atoms with Gasteiger partial charge in [-0.05, 0) is 50.0 Å². The maximum absolute atomic E-state index is 12.5. The molecule has 0 saturated carbocycles. The van der Waals surface area contributed by atoms with Gasteiger partial charge in [-0.3, -0.25) is 9.59 Å². The Balaban J connectivity index is 1.72. The topological polar surface area (TPSA) is 58.2 Å². The molecule has 0 radical (unpaired) electrons. The van der Waals surface area contributed by atoms with Gasteiger partial charge in [0.2, 0.25) is 5.91 Å². The van der Waals surface area contributed by atoms with E-state index in [4.69, 9.17) is 0 Å². The first-order chi connectivity index (χ1) is 10.1. The zero-order valence-electron chi connectivity index (χ0n) is 12.4. The maximum atomic E-state index is 12.5. The van der Waals surface area contributed by atoms with Crippen LogP contribution in [0.25, 0.3) is 0 Å². The lowest BCUT2D eigenvalue weighted by Crippen LogP contribution is -2.45. The van der Waals surface area contributed by atoms with Gasteiger partial charge in [0.1, 0.15) is 6.04 Å². The van der Waals surface area contributed by atoms with Gasteiger partial charge in [0, 0.05) is 16.8 Å². The fraction of sp³-hybridized carbons (Fsp3) is 0.625. The van der Waals surface area contributed by atoms with Crippen molar-refractivity contribution >= 4 is 23.2 Å². The van der Waals surface area contributed by atoms with E-state index in [1.54, 1.807) is 11.3 Å². The predicted octanol–water partition coefficient (Wildman–Crippen LogP) is 2.27. The van der Waals surface area contributed by atoms with Crippen molar-refractivity contribution < 1.29 is 9.59 Å². The number of carbonyl (C=O) groups is 2. The van der Waals surface area contributed by atoms with E-state index in [0.29, 0.717) is 5.92 Å². The highest BCUT2D eigenvalue weighted by atomic mass is 32.1. The third-order valence-electron chi connectivity index (χ3n) is 4.49. The molecule has 0 bridgehead atoms. The molecule has 0 aromatic carbocycles. The summed E-state index contributed by atoms with van der Waals surface area (Å²) in [6, 6.07) is -0.377. The van der Waals surface area contributed by atoms with Crippen LogP contribution in [0.3, 0.4) is 0 Å². The predicted molar refractivity (Wildman–Crippen MR) is 83.6 cm³/mol. The molecule has 2 amide bonds. The lowest BCUT2D eigenvalue weighted by atomic mass is 9.88. The average Bonchev–Trinajstić information content (AvgIpc) is 2.77. The van der Waals surface area contributed by atoms with Crippen LogP contribution in [0.2, 0.25) is 0 Å². The van der Waals surface area contributed by atoms with Crippen LogP contribution in [-0.2, 0) is 17.6 Å². The minimum Gasteiger partial charge on any atom is -0.354 e. The van der Waals surface area contributed by atoms with Crippen LogP contribution in [0.1, 0.15) is 53.4 Å². The van der Waals surface area contributed by atoms with Crippen molar-refractivity contribution in [3.63, 3.8) is 0 Å². The third-order valence-corrected chi connectivity index (χ3v) is 5.54. The minimum absolute atomic E-state index is 0.0430. The van der Waals surface area contributed by atoms with Crippen LogP contribution in [0.5, 0.6) is 0 Å². The molecule has 4 nitrogen and oxygen atoms in total. The molecule has 2 heterocycles. The van der Waals surface area contributed by atoms with Crippen molar-refractivity contribution in [2.45, 2.75) is 51.5 Å². The van der Waals surface area contributed by atoms with Crippen LogP contribution in [0.15, 0.2) is 5.38 Å². The highest BCUT2D eigenvalue weighted by Crippen LogP contribution is 2.32. The lowest BCUT2D eigenvalue weighted by molar-refractivity contribution is -0.122. The molecule has 2 atom stereocenters. The Hall–Kier alpha value is -1.36. The van der Waals surface area contributed by atoms with E-state index in [1.807, 2.05) is 5.38 Å². The first kappa shape index (κ1) is 14.6. The fourth-order valence-corrected chi connectivity index (χ4v) is 4.43. The molecule has 1 aromatic rings. The summed E-state index contributed by atoms with van der Waals surface area (Å²) in [5, 5.41) is 7.76. The number of hydrogen-bond acceptors (Lipinski definition) is 3. The summed E-state index contributed by atoms with van der Waals surface area (Å²) in [6.07, 6.45) is 5.92. The minimum atomic E-state index is -0.377. The van der Waals surface area contributed by atoms with Crippen LogP contribution in [0.4, 0.5) is 0 Å². The summed E-state index contributed by atoms with van der Waals surface area (Å²) >= 11 is 1.69. The van der Waals surface area contributed by atoms with Crippen molar-refractivity contribution in [1.29, 1.82) is 0 Å². The van der Waals surface area contributed by atoms with Gasteiger partial charge in [0.25, 0.3) is 5.91 Å². The number of amides is 2. The summed E-state index contributed by atoms with van der Waals surface area (Å²) < 4.78 is 0. The van der Waals surface area contributed by atoms with Gasteiger partial charge in [-0.25, -0.2) is 0 Å². The normalized spacial score (nSPS) is 25.7. The smallest absolute Gasteiger partial charge is 0.253 e. The molecule has 1 aliphatic carbocycles. The van der Waals surface area contributed by atoms with Gasteiger partial charge >= 0.3 is 0 Å². The SMILES string of the molecule is C[C@H]1CCc2c(C(=O)N[C@@H]3CCCCNC3=O)csc2C1. The molecule has 5 heteroatoms. The van der Waals surface area contributed by atoms with Gasteiger partial charge in [-0.2, -0.15) is 0 Å². The molecule has 0 spiro atoms. The van der Waals surface area contributed by atoms with Gasteiger partial charge in [-0.15, -0.1) is 11.3 Å². The lowest BCUT2D eigenvalue weighted by Gasteiger charge is -2.20. The van der Waals surface area contributed by atoms with Gasteiger partial charge in [0.15, 0.2) is 0 Å². The number of hydrogen-bond donors (Lipinski definition) is 2. The zero-order chi connectivity index (χ0) is 14.8. The fourth-order valence-electron chi connectivity index (χ4n) is 3.18. The van der Waals surface area contributed by atoms with Gasteiger partial charge in [-0.1, -0.05) is 6.92 Å². The quantitative estimate of drug-likeness (QED) is 0.880. The van der Waals surface area contributed by atoms with E-state index in [0.717, 1.165) is 50.6 Å². The standard InChI is InChI=1S/C16H22N2O2S/c1-10-5-6-11-12(9-21-14(11)8-10)15(19)18-13-4-2-3-7-17-16(13)20/h9-10,13H,2-8H2,1H3,(H,17,20)(H,18,19)/t10-,13+/m0/s1. The molecule has 1 aromatic heterocycles. The molecule has 1 fully saturated rings. The largest absolute Gasteiger partial charge is 0.354 e. The van der Waals surface area contributed by atoms with Gasteiger partial charge in [0.05, 0.1) is 5.56 Å². The molecule has 3 rings (SSSR count). The summed E-state index contributed by atoms with van der Waals surface area (Å²) in [5.74, 6) is 0.586. The Labute approximate surface area is 129 Å². The van der Waals surface area contributed by atoms with E-state index in [-0.39, 0.29) is 17.9 Å². The summed E-state index contributed by atoms with van der Waals surface area (Å²) in [5.41, 5.74) is 2.00. The Bertz CT molecular complexity index is 552. The third kappa shape index (κ3) is 3.12. The van der Waals surface area contributed by atoms with Crippen molar-refractivity contribution in [2.24, 2.45) is 5.92 Å². The molecule has 0 unspecified atom stereocenters. The number of nitrogens with one attached hydrogen (secondary N) is 2. The second-order valence-corrected chi connectivity index (χ2v) is 7.18. The zero-order valence-corrected chi connectivity index (χ0v) is 13.2. The van der Waals surface area contributed by atoms with E-state index in [1.165, 1.54) is 10.4 Å². The first-order valence-corrected chi connectivity index (χ1v) is 8.71. The van der Waals surface area contributed by atoms with E-state index < -0.39 is 0 Å². The number of carbonyl (C=O) groups excluding carboxylic acids is 2. The molecule has 2 N–H and O–H groups in total. The molecular formula is C16H22N2O2S. The van der Waals surface area contributed by atoms with Crippen molar-refractivity contribution in [1.82, 2.24) is 10.6 Å². The number of thiophene rings is 1. The van der Waals surface area contributed by atoms with E-state index in [9.17, 15) is 9.59 Å². The molecule has 21 heavy (non-hydrogen) atoms. The van der Waals surface area contributed by atoms with Crippen molar-refractivity contribution in [2.75, 3.05) is 6.54 Å². The Morgan fingerprint density at radius 3 is 3.10 bits per heavy atom. The van der Waals surface area contributed by atoms with Crippen LogP contribution >= 0.6 is 11.3 Å². The van der Waals surface area contributed by atoms with Crippen LogP contribution in [-0.4, -0.2) is 24.4 Å². The van der Waals surface area contributed by atoms with Crippen LogP contribution < -0.4 is 10.6 Å². The summed E-state index contributed by atoms with van der Waals surface area (Å²) in [7, 11) is 0. The van der Waals surface area contributed by atoms with Gasteiger partial charge < -0.3 is 10.6 Å². The molecule has 2 aliphatic rings. The number of fused-ring (bicyclic) bond motifs is 1. The second kappa shape index (κ2) is 6.18.